The van der Waals surface area contributed by atoms with Crippen LogP contribution in [0.4, 0.5) is 4.39 Å². The first-order valence-corrected chi connectivity index (χ1v) is 6.49. The number of halogens is 1. The van der Waals surface area contributed by atoms with E-state index < -0.39 is 0 Å². The lowest BCUT2D eigenvalue weighted by Gasteiger charge is -2.18. The molecule has 1 N–H and O–H groups in total. The lowest BCUT2D eigenvalue weighted by molar-refractivity contribution is 0.618. The van der Waals surface area contributed by atoms with Crippen LogP contribution < -0.4 is 5.32 Å². The average molecular weight is 257 g/mol. The SMILES string of the molecule is Cc1cc(-c2nc(C)c3c(n2)CCNC3)ccc1F. The van der Waals surface area contributed by atoms with Gasteiger partial charge in [-0.3, -0.25) is 0 Å². The summed E-state index contributed by atoms with van der Waals surface area (Å²) in [6.07, 6.45) is 0.922. The van der Waals surface area contributed by atoms with Crippen LogP contribution in [0.1, 0.15) is 22.5 Å². The topological polar surface area (TPSA) is 37.8 Å². The molecule has 1 aromatic heterocycles. The molecule has 98 valence electrons. The number of aromatic nitrogens is 2. The van der Waals surface area contributed by atoms with Crippen molar-refractivity contribution in [3.8, 4) is 11.4 Å². The molecule has 3 nitrogen and oxygen atoms in total. The smallest absolute Gasteiger partial charge is 0.159 e. The highest BCUT2D eigenvalue weighted by Crippen LogP contribution is 2.22. The van der Waals surface area contributed by atoms with Gasteiger partial charge in [-0.25, -0.2) is 14.4 Å². The third-order valence-electron chi connectivity index (χ3n) is 3.56. The molecular weight excluding hydrogens is 241 g/mol. The molecule has 0 spiro atoms. The molecule has 0 saturated carbocycles. The Morgan fingerprint density at radius 2 is 2.05 bits per heavy atom. The van der Waals surface area contributed by atoms with E-state index in [4.69, 9.17) is 0 Å². The van der Waals surface area contributed by atoms with Gasteiger partial charge in [-0.1, -0.05) is 0 Å². The second-order valence-electron chi connectivity index (χ2n) is 4.95. The van der Waals surface area contributed by atoms with Gasteiger partial charge in [0, 0.05) is 36.3 Å². The minimum Gasteiger partial charge on any atom is -0.312 e. The standard InChI is InChI=1S/C15H16FN3/c1-9-7-11(3-4-13(9)16)15-18-10(2)12-8-17-6-5-14(12)19-15/h3-4,7,17H,5-6,8H2,1-2H3. The summed E-state index contributed by atoms with van der Waals surface area (Å²) in [4.78, 5) is 9.20. The van der Waals surface area contributed by atoms with Crippen molar-refractivity contribution in [3.63, 3.8) is 0 Å². The summed E-state index contributed by atoms with van der Waals surface area (Å²) >= 11 is 0. The highest BCUT2D eigenvalue weighted by atomic mass is 19.1. The Morgan fingerprint density at radius 3 is 2.84 bits per heavy atom. The van der Waals surface area contributed by atoms with Crippen molar-refractivity contribution < 1.29 is 4.39 Å². The van der Waals surface area contributed by atoms with Gasteiger partial charge >= 0.3 is 0 Å². The molecule has 2 heterocycles. The zero-order valence-electron chi connectivity index (χ0n) is 11.1. The molecule has 3 rings (SSSR count). The molecule has 0 fully saturated rings. The van der Waals surface area contributed by atoms with Crippen LogP contribution in [-0.2, 0) is 13.0 Å². The predicted molar refractivity (Wildman–Crippen MR) is 72.3 cm³/mol. The number of rotatable bonds is 1. The van der Waals surface area contributed by atoms with E-state index in [-0.39, 0.29) is 5.82 Å². The quantitative estimate of drug-likeness (QED) is 0.853. The highest BCUT2D eigenvalue weighted by Gasteiger charge is 2.16. The molecule has 2 aromatic rings. The number of benzene rings is 1. The molecule has 1 aliphatic heterocycles. The van der Waals surface area contributed by atoms with E-state index in [2.05, 4.69) is 15.3 Å². The van der Waals surface area contributed by atoms with Gasteiger partial charge in [0.15, 0.2) is 5.82 Å². The van der Waals surface area contributed by atoms with Crippen LogP contribution in [-0.4, -0.2) is 16.5 Å². The molecule has 4 heteroatoms. The zero-order valence-corrected chi connectivity index (χ0v) is 11.1. The number of aryl methyl sites for hydroxylation is 2. The van der Waals surface area contributed by atoms with Crippen molar-refractivity contribution in [1.82, 2.24) is 15.3 Å². The molecule has 0 atom stereocenters. The highest BCUT2D eigenvalue weighted by molar-refractivity contribution is 5.57. The van der Waals surface area contributed by atoms with Crippen molar-refractivity contribution in [2.45, 2.75) is 26.8 Å². The first-order valence-electron chi connectivity index (χ1n) is 6.49. The van der Waals surface area contributed by atoms with E-state index in [1.54, 1.807) is 19.1 Å². The zero-order chi connectivity index (χ0) is 13.4. The van der Waals surface area contributed by atoms with Crippen molar-refractivity contribution in [3.05, 3.63) is 46.5 Å². The Hall–Kier alpha value is -1.81. The van der Waals surface area contributed by atoms with Gasteiger partial charge in [0.2, 0.25) is 0 Å². The van der Waals surface area contributed by atoms with Crippen molar-refractivity contribution in [2.75, 3.05) is 6.54 Å². The van der Waals surface area contributed by atoms with Crippen molar-refractivity contribution in [1.29, 1.82) is 0 Å². The number of fused-ring (bicyclic) bond motifs is 1. The minimum atomic E-state index is -0.192. The summed E-state index contributed by atoms with van der Waals surface area (Å²) < 4.78 is 13.3. The molecular formula is C15H16FN3. The molecule has 0 saturated heterocycles. The predicted octanol–water partition coefficient (Wildman–Crippen LogP) is 2.55. The summed E-state index contributed by atoms with van der Waals surface area (Å²) in [5.74, 6) is 0.504. The molecule has 0 bridgehead atoms. The summed E-state index contributed by atoms with van der Waals surface area (Å²) in [6.45, 7) is 5.55. The van der Waals surface area contributed by atoms with E-state index in [1.165, 1.54) is 11.6 Å². The number of nitrogens with one attached hydrogen (secondary N) is 1. The van der Waals surface area contributed by atoms with Gasteiger partial charge in [0.25, 0.3) is 0 Å². The van der Waals surface area contributed by atoms with Crippen LogP contribution in [0.15, 0.2) is 18.2 Å². The Labute approximate surface area is 111 Å². The first-order chi connectivity index (χ1) is 9.15. The Morgan fingerprint density at radius 1 is 1.21 bits per heavy atom. The lowest BCUT2D eigenvalue weighted by atomic mass is 10.0. The molecule has 0 unspecified atom stereocenters. The van der Waals surface area contributed by atoms with Gasteiger partial charge in [0.05, 0.1) is 5.69 Å². The number of hydrogen-bond acceptors (Lipinski definition) is 3. The van der Waals surface area contributed by atoms with Crippen LogP contribution >= 0.6 is 0 Å². The van der Waals surface area contributed by atoms with Gasteiger partial charge in [0.1, 0.15) is 5.82 Å². The summed E-state index contributed by atoms with van der Waals surface area (Å²) in [5.41, 5.74) is 4.83. The van der Waals surface area contributed by atoms with Crippen molar-refractivity contribution in [2.24, 2.45) is 0 Å². The van der Waals surface area contributed by atoms with E-state index in [0.29, 0.717) is 11.4 Å². The minimum absolute atomic E-state index is 0.192. The first kappa shape index (κ1) is 12.2. The summed E-state index contributed by atoms with van der Waals surface area (Å²) in [7, 11) is 0. The fraction of sp³-hybridized carbons (Fsp3) is 0.333. The fourth-order valence-electron chi connectivity index (χ4n) is 2.43. The van der Waals surface area contributed by atoms with Gasteiger partial charge < -0.3 is 5.32 Å². The average Bonchev–Trinajstić information content (AvgIpc) is 2.42. The molecule has 1 aromatic carbocycles. The maximum Gasteiger partial charge on any atom is 0.159 e. The van der Waals surface area contributed by atoms with Crippen LogP contribution in [0.2, 0.25) is 0 Å². The summed E-state index contributed by atoms with van der Waals surface area (Å²) in [6, 6.07) is 5.02. The van der Waals surface area contributed by atoms with Crippen LogP contribution in [0, 0.1) is 19.7 Å². The monoisotopic (exact) mass is 257 g/mol. The largest absolute Gasteiger partial charge is 0.312 e. The van der Waals surface area contributed by atoms with Gasteiger partial charge in [-0.2, -0.15) is 0 Å². The Balaban J connectivity index is 2.10. The van der Waals surface area contributed by atoms with E-state index in [1.807, 2.05) is 6.92 Å². The van der Waals surface area contributed by atoms with E-state index >= 15 is 0 Å². The van der Waals surface area contributed by atoms with E-state index in [9.17, 15) is 4.39 Å². The third kappa shape index (κ3) is 2.24. The molecule has 0 aliphatic carbocycles. The van der Waals surface area contributed by atoms with Gasteiger partial charge in [-0.15, -0.1) is 0 Å². The number of nitrogens with zero attached hydrogens (tertiary/aromatic N) is 2. The second-order valence-corrected chi connectivity index (χ2v) is 4.95. The Bertz CT molecular complexity index is 638. The van der Waals surface area contributed by atoms with Crippen molar-refractivity contribution >= 4 is 0 Å². The normalized spacial score (nSPS) is 14.3. The molecule has 19 heavy (non-hydrogen) atoms. The Kier molecular flexibility index (Phi) is 3.03. The van der Waals surface area contributed by atoms with Crippen LogP contribution in [0.3, 0.4) is 0 Å². The number of hydrogen-bond donors (Lipinski definition) is 1. The fourth-order valence-corrected chi connectivity index (χ4v) is 2.43. The maximum atomic E-state index is 13.3. The third-order valence-corrected chi connectivity index (χ3v) is 3.56. The second kappa shape index (κ2) is 4.70. The molecule has 0 radical (unpaired) electrons. The molecule has 0 amide bonds. The molecule has 1 aliphatic rings. The maximum absolute atomic E-state index is 13.3. The van der Waals surface area contributed by atoms with Crippen LogP contribution in [0.25, 0.3) is 11.4 Å². The van der Waals surface area contributed by atoms with E-state index in [0.717, 1.165) is 36.5 Å². The van der Waals surface area contributed by atoms with Gasteiger partial charge in [-0.05, 0) is 37.6 Å². The summed E-state index contributed by atoms with van der Waals surface area (Å²) in [5, 5.41) is 3.33. The lowest BCUT2D eigenvalue weighted by Crippen LogP contribution is -2.26. The van der Waals surface area contributed by atoms with Crippen LogP contribution in [0.5, 0.6) is 0 Å².